The van der Waals surface area contributed by atoms with Crippen molar-refractivity contribution in [3.63, 3.8) is 0 Å². The van der Waals surface area contributed by atoms with Gasteiger partial charge in [-0.05, 0) is 32.9 Å². The second-order valence-corrected chi connectivity index (χ2v) is 5.97. The van der Waals surface area contributed by atoms with E-state index in [1.165, 1.54) is 0 Å². The van der Waals surface area contributed by atoms with Gasteiger partial charge in [0.2, 0.25) is 5.89 Å². The van der Waals surface area contributed by atoms with Gasteiger partial charge in [0.25, 0.3) is 0 Å². The van der Waals surface area contributed by atoms with Crippen LogP contribution < -0.4 is 10.1 Å². The topological polar surface area (TPSA) is 60.2 Å². The molecule has 0 spiro atoms. The summed E-state index contributed by atoms with van der Waals surface area (Å²) in [4.78, 5) is 4.64. The Morgan fingerprint density at radius 2 is 2.14 bits per heavy atom. The minimum Gasteiger partial charge on any atom is -0.496 e. The number of para-hydroxylation sites is 1. The van der Waals surface area contributed by atoms with Gasteiger partial charge in [-0.3, -0.25) is 0 Å². The van der Waals surface area contributed by atoms with E-state index in [1.54, 1.807) is 7.11 Å². The van der Waals surface area contributed by atoms with Crippen molar-refractivity contribution in [2.45, 2.75) is 31.6 Å². The first-order valence-electron chi connectivity index (χ1n) is 7.31. The summed E-state index contributed by atoms with van der Waals surface area (Å²) in [5.74, 6) is 2.61. The van der Waals surface area contributed by atoms with Crippen molar-refractivity contribution in [2.24, 2.45) is 0 Å². The van der Waals surface area contributed by atoms with Crippen molar-refractivity contribution in [3.05, 3.63) is 41.5 Å². The maximum absolute atomic E-state index is 5.49. The monoisotopic (exact) mass is 287 g/mol. The zero-order valence-electron chi connectivity index (χ0n) is 12.7. The number of aromatic nitrogens is 2. The fourth-order valence-corrected chi connectivity index (χ4v) is 2.80. The highest BCUT2D eigenvalue weighted by Crippen LogP contribution is 2.36. The van der Waals surface area contributed by atoms with E-state index in [4.69, 9.17) is 9.26 Å². The molecule has 1 aliphatic rings. The average molecular weight is 287 g/mol. The van der Waals surface area contributed by atoms with Gasteiger partial charge in [-0.15, -0.1) is 0 Å². The van der Waals surface area contributed by atoms with Gasteiger partial charge in [0.1, 0.15) is 5.75 Å². The van der Waals surface area contributed by atoms with Crippen molar-refractivity contribution in [2.75, 3.05) is 20.2 Å². The van der Waals surface area contributed by atoms with Crippen LogP contribution in [0.5, 0.6) is 5.75 Å². The summed E-state index contributed by atoms with van der Waals surface area (Å²) >= 11 is 0. The van der Waals surface area contributed by atoms with Gasteiger partial charge in [0, 0.05) is 12.1 Å². The Bertz CT molecular complexity index is 615. The van der Waals surface area contributed by atoms with E-state index in [0.717, 1.165) is 36.7 Å². The Morgan fingerprint density at radius 1 is 1.33 bits per heavy atom. The lowest BCUT2D eigenvalue weighted by Crippen LogP contribution is -2.22. The molecular weight excluding hydrogens is 266 g/mol. The molecule has 2 aromatic rings. The zero-order chi connectivity index (χ0) is 14.9. The number of ether oxygens (including phenoxy) is 1. The largest absolute Gasteiger partial charge is 0.496 e. The van der Waals surface area contributed by atoms with Crippen molar-refractivity contribution < 1.29 is 9.26 Å². The number of hydrogen-bond donors (Lipinski definition) is 1. The van der Waals surface area contributed by atoms with E-state index in [9.17, 15) is 0 Å². The van der Waals surface area contributed by atoms with Crippen LogP contribution in [-0.2, 0) is 5.41 Å². The van der Waals surface area contributed by atoms with Crippen LogP contribution in [0.3, 0.4) is 0 Å². The summed E-state index contributed by atoms with van der Waals surface area (Å²) in [6.45, 7) is 6.10. The van der Waals surface area contributed by atoms with Crippen LogP contribution in [0.4, 0.5) is 0 Å². The third-order valence-corrected chi connectivity index (χ3v) is 4.19. The molecule has 1 aromatic heterocycles. The standard InChI is InChI=1S/C16H21N3O2/c1-16(2,12-6-4-5-7-13(12)20-3)15-18-14(21-19-15)11-8-9-17-10-11/h4-7,11,17H,8-10H2,1-3H3/t11-/m0/s1. The molecule has 1 saturated heterocycles. The summed E-state index contributed by atoms with van der Waals surface area (Å²) in [5, 5.41) is 7.54. The fraction of sp³-hybridized carbons (Fsp3) is 0.500. The molecule has 0 radical (unpaired) electrons. The number of methoxy groups -OCH3 is 1. The number of nitrogens with zero attached hydrogens (tertiary/aromatic N) is 2. The van der Waals surface area contributed by atoms with E-state index in [2.05, 4.69) is 29.3 Å². The lowest BCUT2D eigenvalue weighted by Gasteiger charge is -2.23. The molecule has 5 nitrogen and oxygen atoms in total. The van der Waals surface area contributed by atoms with E-state index in [1.807, 2.05) is 24.3 Å². The molecule has 0 amide bonds. The highest BCUT2D eigenvalue weighted by Gasteiger charge is 2.33. The number of hydrogen-bond acceptors (Lipinski definition) is 5. The lowest BCUT2D eigenvalue weighted by molar-refractivity contribution is 0.347. The smallest absolute Gasteiger partial charge is 0.231 e. The molecule has 0 unspecified atom stereocenters. The first kappa shape index (κ1) is 14.1. The van der Waals surface area contributed by atoms with Crippen LogP contribution >= 0.6 is 0 Å². The molecule has 3 rings (SSSR count). The normalized spacial score (nSPS) is 18.9. The highest BCUT2D eigenvalue weighted by molar-refractivity contribution is 5.42. The van der Waals surface area contributed by atoms with Crippen LogP contribution in [0.25, 0.3) is 0 Å². The summed E-state index contributed by atoms with van der Waals surface area (Å²) < 4.78 is 11.0. The minimum atomic E-state index is -0.361. The Kier molecular flexibility index (Phi) is 3.68. The Balaban J connectivity index is 1.94. The van der Waals surface area contributed by atoms with Crippen LogP contribution in [0, 0.1) is 0 Å². The Morgan fingerprint density at radius 3 is 2.86 bits per heavy atom. The highest BCUT2D eigenvalue weighted by atomic mass is 16.5. The molecule has 112 valence electrons. The summed E-state index contributed by atoms with van der Waals surface area (Å²) in [5.41, 5.74) is 0.699. The molecule has 1 aliphatic heterocycles. The predicted octanol–water partition coefficient (Wildman–Crippen LogP) is 2.48. The lowest BCUT2D eigenvalue weighted by atomic mass is 9.83. The molecule has 1 atom stereocenters. The molecular formula is C16H21N3O2. The third kappa shape index (κ3) is 2.53. The van der Waals surface area contributed by atoms with Gasteiger partial charge < -0.3 is 14.6 Å². The minimum absolute atomic E-state index is 0.333. The van der Waals surface area contributed by atoms with Gasteiger partial charge in [-0.2, -0.15) is 4.98 Å². The maximum Gasteiger partial charge on any atom is 0.231 e. The zero-order valence-corrected chi connectivity index (χ0v) is 12.7. The van der Waals surface area contributed by atoms with Crippen molar-refractivity contribution >= 4 is 0 Å². The number of rotatable bonds is 4. The molecule has 0 bridgehead atoms. The van der Waals surface area contributed by atoms with Gasteiger partial charge in [-0.25, -0.2) is 0 Å². The quantitative estimate of drug-likeness (QED) is 0.936. The molecule has 0 saturated carbocycles. The second kappa shape index (κ2) is 5.48. The molecule has 1 N–H and O–H groups in total. The van der Waals surface area contributed by atoms with Crippen LogP contribution in [0.1, 0.15) is 43.5 Å². The number of benzene rings is 1. The Labute approximate surface area is 124 Å². The first-order chi connectivity index (χ1) is 10.1. The van der Waals surface area contributed by atoms with E-state index < -0.39 is 0 Å². The average Bonchev–Trinajstić information content (AvgIpc) is 3.17. The Hall–Kier alpha value is -1.88. The fourth-order valence-electron chi connectivity index (χ4n) is 2.80. The van der Waals surface area contributed by atoms with Crippen LogP contribution in [0.15, 0.2) is 28.8 Å². The molecule has 0 aliphatic carbocycles. The third-order valence-electron chi connectivity index (χ3n) is 4.19. The summed E-state index contributed by atoms with van der Waals surface area (Å²) in [6.07, 6.45) is 1.05. The van der Waals surface area contributed by atoms with E-state index in [-0.39, 0.29) is 5.41 Å². The molecule has 5 heteroatoms. The van der Waals surface area contributed by atoms with Gasteiger partial charge >= 0.3 is 0 Å². The molecule has 21 heavy (non-hydrogen) atoms. The van der Waals surface area contributed by atoms with Crippen LogP contribution in [-0.4, -0.2) is 30.3 Å². The van der Waals surface area contributed by atoms with Crippen LogP contribution in [0.2, 0.25) is 0 Å². The summed E-state index contributed by atoms with van der Waals surface area (Å²) in [6, 6.07) is 7.97. The van der Waals surface area contributed by atoms with Crippen molar-refractivity contribution in [1.82, 2.24) is 15.5 Å². The molecule has 2 heterocycles. The second-order valence-electron chi connectivity index (χ2n) is 5.97. The van der Waals surface area contributed by atoms with Crippen molar-refractivity contribution in [1.29, 1.82) is 0 Å². The first-order valence-corrected chi connectivity index (χ1v) is 7.31. The van der Waals surface area contributed by atoms with Gasteiger partial charge in [-0.1, -0.05) is 23.4 Å². The van der Waals surface area contributed by atoms with E-state index in [0.29, 0.717) is 11.7 Å². The molecule has 1 aromatic carbocycles. The van der Waals surface area contributed by atoms with Gasteiger partial charge in [0.15, 0.2) is 5.82 Å². The maximum atomic E-state index is 5.49. The van der Waals surface area contributed by atoms with E-state index >= 15 is 0 Å². The summed E-state index contributed by atoms with van der Waals surface area (Å²) in [7, 11) is 1.68. The SMILES string of the molecule is COc1ccccc1C(C)(C)c1noc([C@H]2CCNC2)n1. The molecule has 1 fully saturated rings. The number of nitrogens with one attached hydrogen (secondary N) is 1. The predicted molar refractivity (Wildman–Crippen MR) is 79.6 cm³/mol. The van der Waals surface area contributed by atoms with Crippen molar-refractivity contribution in [3.8, 4) is 5.75 Å². The van der Waals surface area contributed by atoms with Gasteiger partial charge in [0.05, 0.1) is 18.4 Å².